The van der Waals surface area contributed by atoms with Gasteiger partial charge in [-0.3, -0.25) is 4.79 Å². The predicted molar refractivity (Wildman–Crippen MR) is 107 cm³/mol. The van der Waals surface area contributed by atoms with E-state index in [-0.39, 0.29) is 17.9 Å². The first-order chi connectivity index (χ1) is 13.3. The van der Waals surface area contributed by atoms with Crippen molar-refractivity contribution in [1.82, 2.24) is 14.6 Å². The molecule has 1 amide bonds. The highest BCUT2D eigenvalue weighted by Crippen LogP contribution is 2.33. The van der Waals surface area contributed by atoms with Crippen LogP contribution >= 0.6 is 27.3 Å². The summed E-state index contributed by atoms with van der Waals surface area (Å²) in [6, 6.07) is -0.264. The van der Waals surface area contributed by atoms with Gasteiger partial charge in [0.1, 0.15) is 11.4 Å². The molecule has 1 fully saturated rings. The first kappa shape index (κ1) is 19.2. The van der Waals surface area contributed by atoms with Crippen molar-refractivity contribution in [1.29, 1.82) is 0 Å². The second kappa shape index (κ2) is 7.37. The molecule has 0 spiro atoms. The van der Waals surface area contributed by atoms with Gasteiger partial charge in [-0.25, -0.2) is 18.3 Å². The Morgan fingerprint density at radius 3 is 3.00 bits per heavy atom. The third-order valence-corrected chi connectivity index (χ3v) is 6.46. The summed E-state index contributed by atoms with van der Waals surface area (Å²) in [7, 11) is 0. The van der Waals surface area contributed by atoms with Crippen molar-refractivity contribution in [2.75, 3.05) is 10.6 Å². The van der Waals surface area contributed by atoms with Gasteiger partial charge in [0.05, 0.1) is 22.4 Å². The topological polar surface area (TPSA) is 97.3 Å². The van der Waals surface area contributed by atoms with Crippen LogP contribution in [0.4, 0.5) is 20.3 Å². The minimum Gasteiger partial charge on any atom is -0.365 e. The van der Waals surface area contributed by atoms with Gasteiger partial charge in [0.2, 0.25) is 0 Å². The normalized spacial score (nSPS) is 21.6. The van der Waals surface area contributed by atoms with Gasteiger partial charge in [0.25, 0.3) is 11.8 Å². The van der Waals surface area contributed by atoms with Gasteiger partial charge in [-0.1, -0.05) is 0 Å². The second-order valence-electron chi connectivity index (χ2n) is 6.66. The molecule has 4 N–H and O–H groups in total. The number of nitrogens with zero attached hydrogens (tertiary/aromatic N) is 3. The molecule has 1 aliphatic carbocycles. The van der Waals surface area contributed by atoms with Crippen LogP contribution in [0.5, 0.6) is 0 Å². The van der Waals surface area contributed by atoms with Crippen LogP contribution in [-0.4, -0.2) is 38.5 Å². The lowest BCUT2D eigenvalue weighted by Gasteiger charge is -2.36. The van der Waals surface area contributed by atoms with Crippen molar-refractivity contribution < 1.29 is 13.6 Å². The average molecular weight is 471 g/mol. The summed E-state index contributed by atoms with van der Waals surface area (Å²) in [5.41, 5.74) is 6.99. The highest BCUT2D eigenvalue weighted by atomic mass is 79.9. The Morgan fingerprint density at radius 1 is 1.43 bits per heavy atom. The van der Waals surface area contributed by atoms with Crippen molar-refractivity contribution in [3.63, 3.8) is 0 Å². The number of nitrogens with two attached hydrogens (primary N) is 1. The van der Waals surface area contributed by atoms with Gasteiger partial charge in [-0.15, -0.1) is 11.3 Å². The predicted octanol–water partition coefficient (Wildman–Crippen LogP) is 3.73. The standard InChI is InChI=1S/C17H17BrF2N6OS/c18-10-7-28-8-12(10)24-16(27)9-6-22-26-5-3-13(25-15(9)26)23-11-2-1-4-17(19,20)14(11)21/h3,5-8,11,14H,1-2,4,21H2,(H,23,25)(H,24,27)/t11-,14-/m1/s1. The van der Waals surface area contributed by atoms with Gasteiger partial charge < -0.3 is 16.4 Å². The summed E-state index contributed by atoms with van der Waals surface area (Å²) in [4.78, 5) is 17.0. The molecule has 0 aliphatic heterocycles. The third kappa shape index (κ3) is 3.61. The molecule has 7 nitrogen and oxygen atoms in total. The molecule has 3 aromatic rings. The van der Waals surface area contributed by atoms with Crippen LogP contribution in [0.1, 0.15) is 29.6 Å². The van der Waals surface area contributed by atoms with Gasteiger partial charge >= 0.3 is 0 Å². The molecule has 0 aromatic carbocycles. The zero-order valence-corrected chi connectivity index (χ0v) is 16.9. The first-order valence-corrected chi connectivity index (χ1v) is 10.4. The van der Waals surface area contributed by atoms with Crippen LogP contribution in [-0.2, 0) is 0 Å². The number of rotatable bonds is 4. The number of amides is 1. The Hall–Kier alpha value is -2.11. The molecule has 0 unspecified atom stereocenters. The van der Waals surface area contributed by atoms with E-state index >= 15 is 0 Å². The van der Waals surface area contributed by atoms with Crippen LogP contribution in [0.3, 0.4) is 0 Å². The number of nitrogens with one attached hydrogen (secondary N) is 2. The molecule has 148 valence electrons. The lowest BCUT2D eigenvalue weighted by molar-refractivity contribution is -0.0554. The van der Waals surface area contributed by atoms with Crippen molar-refractivity contribution >= 4 is 50.3 Å². The molecule has 3 heterocycles. The van der Waals surface area contributed by atoms with E-state index in [1.165, 1.54) is 22.0 Å². The van der Waals surface area contributed by atoms with Crippen LogP contribution in [0.25, 0.3) is 5.65 Å². The van der Waals surface area contributed by atoms with Crippen molar-refractivity contribution in [3.8, 4) is 0 Å². The number of thiophene rings is 1. The number of carbonyl (C=O) groups is 1. The molecule has 1 saturated carbocycles. The van der Waals surface area contributed by atoms with Crippen LogP contribution in [0, 0.1) is 0 Å². The second-order valence-corrected chi connectivity index (χ2v) is 8.25. The minimum atomic E-state index is -2.91. The summed E-state index contributed by atoms with van der Waals surface area (Å²) in [6.07, 6.45) is 3.75. The Kier molecular flexibility index (Phi) is 5.06. The van der Waals surface area contributed by atoms with E-state index in [9.17, 15) is 13.6 Å². The van der Waals surface area contributed by atoms with Gasteiger partial charge in [-0.2, -0.15) is 5.10 Å². The smallest absolute Gasteiger partial charge is 0.264 e. The molecule has 2 atom stereocenters. The Bertz CT molecular complexity index is 1020. The molecule has 3 aromatic heterocycles. The number of hydrogen-bond donors (Lipinski definition) is 3. The highest BCUT2D eigenvalue weighted by molar-refractivity contribution is 9.10. The van der Waals surface area contributed by atoms with Crippen LogP contribution in [0.2, 0.25) is 0 Å². The van der Waals surface area contributed by atoms with E-state index in [0.29, 0.717) is 30.0 Å². The fourth-order valence-corrected chi connectivity index (χ4v) is 4.55. The fourth-order valence-electron chi connectivity index (χ4n) is 3.22. The SMILES string of the molecule is N[C@@H]1[C@H](Nc2ccn3ncc(C(=O)Nc4cscc4Br)c3n2)CCCC1(F)F. The van der Waals surface area contributed by atoms with Gasteiger partial charge in [0, 0.05) is 29.4 Å². The quantitative estimate of drug-likeness (QED) is 0.539. The molecule has 4 rings (SSSR count). The Morgan fingerprint density at radius 2 is 2.25 bits per heavy atom. The number of hydrogen-bond acceptors (Lipinski definition) is 6. The van der Waals surface area contributed by atoms with Crippen molar-refractivity contribution in [3.05, 3.63) is 39.3 Å². The number of aromatic nitrogens is 3. The number of anilines is 2. The van der Waals surface area contributed by atoms with Crippen molar-refractivity contribution in [2.45, 2.75) is 37.3 Å². The van der Waals surface area contributed by atoms with Crippen molar-refractivity contribution in [2.24, 2.45) is 5.73 Å². The third-order valence-electron chi connectivity index (χ3n) is 4.76. The zero-order chi connectivity index (χ0) is 19.9. The molecule has 11 heteroatoms. The van der Waals surface area contributed by atoms with E-state index in [4.69, 9.17) is 5.73 Å². The maximum atomic E-state index is 13.9. The fraction of sp³-hybridized carbons (Fsp3) is 0.353. The lowest BCUT2D eigenvalue weighted by atomic mass is 9.87. The highest BCUT2D eigenvalue weighted by Gasteiger charge is 2.44. The zero-order valence-electron chi connectivity index (χ0n) is 14.5. The lowest BCUT2D eigenvalue weighted by Crippen LogP contribution is -2.55. The largest absolute Gasteiger partial charge is 0.365 e. The molecule has 1 aliphatic rings. The number of halogens is 3. The monoisotopic (exact) mass is 470 g/mol. The van der Waals surface area contributed by atoms with E-state index in [2.05, 4.69) is 36.6 Å². The van der Waals surface area contributed by atoms with E-state index in [1.807, 2.05) is 5.38 Å². The maximum Gasteiger partial charge on any atom is 0.264 e. The van der Waals surface area contributed by atoms with Gasteiger partial charge in [-0.05, 0) is 34.8 Å². The van der Waals surface area contributed by atoms with E-state index in [0.717, 1.165) is 4.47 Å². The maximum absolute atomic E-state index is 13.9. The summed E-state index contributed by atoms with van der Waals surface area (Å²) in [6.45, 7) is 0. The number of alkyl halides is 2. The van der Waals surface area contributed by atoms with Gasteiger partial charge in [0.15, 0.2) is 5.65 Å². The van der Waals surface area contributed by atoms with E-state index in [1.54, 1.807) is 17.6 Å². The number of fused-ring (bicyclic) bond motifs is 1. The molecular weight excluding hydrogens is 454 g/mol. The number of carbonyl (C=O) groups excluding carboxylic acids is 1. The molecular formula is C17H17BrF2N6OS. The Balaban J connectivity index is 1.58. The Labute approximate surface area is 171 Å². The summed E-state index contributed by atoms with van der Waals surface area (Å²) in [5, 5.41) is 13.6. The molecule has 0 radical (unpaired) electrons. The molecule has 28 heavy (non-hydrogen) atoms. The minimum absolute atomic E-state index is 0.204. The summed E-state index contributed by atoms with van der Waals surface area (Å²) < 4.78 is 30.0. The van der Waals surface area contributed by atoms with Crippen LogP contribution < -0.4 is 16.4 Å². The first-order valence-electron chi connectivity index (χ1n) is 8.62. The average Bonchev–Trinajstić information content (AvgIpc) is 3.25. The van der Waals surface area contributed by atoms with Crippen LogP contribution in [0.15, 0.2) is 33.7 Å². The van der Waals surface area contributed by atoms with E-state index < -0.39 is 18.0 Å². The summed E-state index contributed by atoms with van der Waals surface area (Å²) in [5.74, 6) is -2.90. The molecule has 0 bridgehead atoms. The summed E-state index contributed by atoms with van der Waals surface area (Å²) >= 11 is 4.82. The molecule has 0 saturated heterocycles.